The summed E-state index contributed by atoms with van der Waals surface area (Å²) in [7, 11) is -2.74. The predicted molar refractivity (Wildman–Crippen MR) is 177 cm³/mol. The third-order valence-corrected chi connectivity index (χ3v) is 10.4. The molecule has 0 aromatic carbocycles. The molecule has 45 heavy (non-hydrogen) atoms. The molecular formula is C29H50N2O11S2Si. The van der Waals surface area contributed by atoms with Gasteiger partial charge in [-0.25, -0.2) is 4.79 Å². The van der Waals surface area contributed by atoms with Crippen LogP contribution in [0.2, 0.25) is 6.04 Å². The van der Waals surface area contributed by atoms with Crippen LogP contribution in [0.25, 0.3) is 0 Å². The number of carbonyl (C=O) groups is 5. The van der Waals surface area contributed by atoms with E-state index in [1.54, 1.807) is 13.8 Å². The van der Waals surface area contributed by atoms with E-state index >= 15 is 0 Å². The van der Waals surface area contributed by atoms with Gasteiger partial charge in [0.1, 0.15) is 6.26 Å². The predicted octanol–water partition coefficient (Wildman–Crippen LogP) is 5.32. The quantitative estimate of drug-likeness (QED) is 0.0333. The Morgan fingerprint density at radius 2 is 1.29 bits per heavy atom. The van der Waals surface area contributed by atoms with Crippen LogP contribution in [-0.4, -0.2) is 87.3 Å². The van der Waals surface area contributed by atoms with Crippen molar-refractivity contribution >= 4 is 60.7 Å². The Morgan fingerprint density at radius 1 is 0.800 bits per heavy atom. The molecule has 0 radical (unpaired) electrons. The molecular weight excluding hydrogens is 645 g/mol. The van der Waals surface area contributed by atoms with Crippen LogP contribution < -0.4 is 10.6 Å². The molecule has 2 unspecified atom stereocenters. The van der Waals surface area contributed by atoms with Gasteiger partial charge in [0.05, 0.1) is 26.1 Å². The lowest BCUT2D eigenvalue weighted by molar-refractivity contribution is -0.146. The van der Waals surface area contributed by atoms with E-state index in [0.717, 1.165) is 29.8 Å². The van der Waals surface area contributed by atoms with Gasteiger partial charge in [0.25, 0.3) is 10.5 Å². The van der Waals surface area contributed by atoms with Gasteiger partial charge < -0.3 is 38.1 Å². The van der Waals surface area contributed by atoms with Crippen molar-refractivity contribution in [3.63, 3.8) is 0 Å². The van der Waals surface area contributed by atoms with Gasteiger partial charge in [-0.2, -0.15) is 0 Å². The molecule has 258 valence electrons. The third-order valence-electron chi connectivity index (χ3n) is 5.40. The zero-order valence-corrected chi connectivity index (χ0v) is 29.9. The molecule has 0 aromatic rings. The molecule has 16 heteroatoms. The molecule has 0 aromatic heterocycles. The molecule has 0 aliphatic rings. The van der Waals surface area contributed by atoms with Crippen molar-refractivity contribution in [3.8, 4) is 0 Å². The van der Waals surface area contributed by atoms with Gasteiger partial charge in [-0.05, 0) is 47.0 Å². The maximum Gasteiger partial charge on any atom is 0.500 e. The SMILES string of the molecule is C=C(C)C(=O)OC=CNC(=O)SC(C)CC(=O)OCCCCOC(=O)CC(C)SC(=O)NCCC[Si](OCC)(OCC)OCC. The summed E-state index contributed by atoms with van der Waals surface area (Å²) in [5.74, 6) is -1.47. The molecule has 2 atom stereocenters. The number of hydrogen-bond acceptors (Lipinski definition) is 13. The van der Waals surface area contributed by atoms with Gasteiger partial charge >= 0.3 is 26.7 Å². The molecule has 0 aliphatic carbocycles. The first-order chi connectivity index (χ1) is 21.4. The average molecular weight is 695 g/mol. The lowest BCUT2D eigenvalue weighted by atomic mass is 10.3. The smallest absolute Gasteiger partial charge is 0.466 e. The zero-order chi connectivity index (χ0) is 34.1. The molecule has 2 amide bonds. The van der Waals surface area contributed by atoms with Gasteiger partial charge in [0.15, 0.2) is 0 Å². The Kier molecular flexibility index (Phi) is 24.4. The van der Waals surface area contributed by atoms with Crippen molar-refractivity contribution < 1.29 is 51.5 Å². The second-order valence-corrected chi connectivity index (χ2v) is 15.2. The highest BCUT2D eigenvalue weighted by molar-refractivity contribution is 8.14. The van der Waals surface area contributed by atoms with E-state index in [4.69, 9.17) is 27.5 Å². The Balaban J connectivity index is 4.04. The summed E-state index contributed by atoms with van der Waals surface area (Å²) in [5.41, 5.74) is 0.228. The van der Waals surface area contributed by atoms with Gasteiger partial charge in [0.2, 0.25) is 0 Å². The van der Waals surface area contributed by atoms with Crippen molar-refractivity contribution in [1.29, 1.82) is 0 Å². The highest BCUT2D eigenvalue weighted by atomic mass is 32.2. The van der Waals surface area contributed by atoms with Crippen molar-refractivity contribution in [1.82, 2.24) is 10.6 Å². The van der Waals surface area contributed by atoms with Crippen LogP contribution in [0.5, 0.6) is 0 Å². The number of ether oxygens (including phenoxy) is 3. The Morgan fingerprint density at radius 3 is 1.76 bits per heavy atom. The number of rotatable bonds is 24. The van der Waals surface area contributed by atoms with E-state index in [2.05, 4.69) is 17.2 Å². The number of esters is 3. The van der Waals surface area contributed by atoms with Crippen LogP contribution in [0.3, 0.4) is 0 Å². The maximum absolute atomic E-state index is 12.3. The monoisotopic (exact) mass is 694 g/mol. The van der Waals surface area contributed by atoms with Crippen molar-refractivity contribution in [2.24, 2.45) is 0 Å². The van der Waals surface area contributed by atoms with Crippen LogP contribution in [0.15, 0.2) is 24.6 Å². The lowest BCUT2D eigenvalue weighted by Crippen LogP contribution is -2.46. The third kappa shape index (κ3) is 22.7. The molecule has 0 rings (SSSR count). The zero-order valence-electron chi connectivity index (χ0n) is 27.3. The molecule has 0 bridgehead atoms. The fourth-order valence-electron chi connectivity index (χ4n) is 3.48. The minimum Gasteiger partial charge on any atom is -0.466 e. The van der Waals surface area contributed by atoms with Crippen LogP contribution in [0.1, 0.15) is 73.6 Å². The van der Waals surface area contributed by atoms with Crippen LogP contribution in [0.4, 0.5) is 9.59 Å². The lowest BCUT2D eigenvalue weighted by Gasteiger charge is -2.28. The minimum atomic E-state index is -2.74. The van der Waals surface area contributed by atoms with Crippen LogP contribution in [0, 0.1) is 0 Å². The molecule has 0 saturated heterocycles. The molecule has 0 spiro atoms. The fourth-order valence-corrected chi connectivity index (χ4v) is 7.59. The molecule has 13 nitrogen and oxygen atoms in total. The maximum atomic E-state index is 12.3. The molecule has 0 aliphatic heterocycles. The topological polar surface area (TPSA) is 165 Å². The van der Waals surface area contributed by atoms with Crippen molar-refractivity contribution in [2.45, 2.75) is 90.2 Å². The van der Waals surface area contributed by atoms with Crippen molar-refractivity contribution in [3.05, 3.63) is 24.6 Å². The van der Waals surface area contributed by atoms with Crippen LogP contribution in [-0.2, 0) is 41.9 Å². The van der Waals surface area contributed by atoms with E-state index in [0.29, 0.717) is 51.7 Å². The molecule has 0 heterocycles. The first-order valence-electron chi connectivity index (χ1n) is 15.0. The highest BCUT2D eigenvalue weighted by Crippen LogP contribution is 2.19. The summed E-state index contributed by atoms with van der Waals surface area (Å²) in [6.07, 6.45) is 3.98. The number of carbonyl (C=O) groups excluding carboxylic acids is 5. The van der Waals surface area contributed by atoms with E-state index in [1.807, 2.05) is 20.8 Å². The first-order valence-corrected chi connectivity index (χ1v) is 18.7. The largest absolute Gasteiger partial charge is 0.500 e. The number of nitrogens with one attached hydrogen (secondary N) is 2. The summed E-state index contributed by atoms with van der Waals surface area (Å²) in [6, 6.07) is 0.600. The van der Waals surface area contributed by atoms with E-state index in [-0.39, 0.29) is 47.4 Å². The number of amides is 2. The summed E-state index contributed by atoms with van der Waals surface area (Å²) < 4.78 is 32.6. The van der Waals surface area contributed by atoms with Crippen molar-refractivity contribution in [2.75, 3.05) is 39.6 Å². The molecule has 0 saturated carbocycles. The standard InChI is InChI=1S/C29H50N2O11S2Si/c1-8-40-45(41-9-2,42-10-3)19-13-14-30-28(35)43-23(6)20-25(32)37-16-11-12-17-38-26(33)21-24(7)44-29(36)31-15-18-39-27(34)22(4)5/h15,18,23-24H,4,8-14,16-17,19-21H2,1-3,5-7H3,(H,30,35)(H,31,36). The summed E-state index contributed by atoms with van der Waals surface area (Å²) in [4.78, 5) is 59.5. The Bertz CT molecular complexity index is 952. The normalized spacial score (nSPS) is 12.7. The fraction of sp³-hybridized carbons (Fsp3) is 0.690. The summed E-state index contributed by atoms with van der Waals surface area (Å²) >= 11 is 1.95. The molecule has 2 N–H and O–H groups in total. The minimum absolute atomic E-state index is 0.0287. The number of thioether (sulfide) groups is 2. The highest BCUT2D eigenvalue weighted by Gasteiger charge is 2.39. The molecule has 0 fully saturated rings. The van der Waals surface area contributed by atoms with Gasteiger partial charge in [-0.3, -0.25) is 19.2 Å². The number of hydrogen-bond donors (Lipinski definition) is 2. The second kappa shape index (κ2) is 25.8. The summed E-state index contributed by atoms with van der Waals surface area (Å²) in [5, 5.41) is 4.01. The van der Waals surface area contributed by atoms with E-state index in [9.17, 15) is 24.0 Å². The second-order valence-electron chi connectivity index (χ2n) is 9.63. The van der Waals surface area contributed by atoms with Crippen LogP contribution >= 0.6 is 23.5 Å². The number of unbranched alkanes of at least 4 members (excludes halogenated alkanes) is 1. The van der Waals surface area contributed by atoms with Gasteiger partial charge in [-0.1, -0.05) is 44.0 Å². The average Bonchev–Trinajstić information content (AvgIpc) is 2.95. The van der Waals surface area contributed by atoms with Gasteiger partial charge in [-0.15, -0.1) is 0 Å². The Hall–Kier alpha value is -2.37. The van der Waals surface area contributed by atoms with Gasteiger partial charge in [0, 0.05) is 54.7 Å². The van der Waals surface area contributed by atoms with E-state index in [1.165, 1.54) is 13.1 Å². The Labute approximate surface area is 276 Å². The summed E-state index contributed by atoms with van der Waals surface area (Å²) in [6.45, 7) is 16.4. The van der Waals surface area contributed by atoms with E-state index < -0.39 is 32.0 Å². The first kappa shape index (κ1) is 42.6.